The Morgan fingerprint density at radius 3 is 1.14 bits per heavy atom. The Morgan fingerprint density at radius 1 is 0.762 bits per heavy atom. The summed E-state index contributed by atoms with van der Waals surface area (Å²) >= 11 is 0. The van der Waals surface area contributed by atoms with Crippen LogP contribution in [-0.2, 0) is 30.8 Å². The zero-order chi connectivity index (χ0) is 13.8. The molecule has 0 bridgehead atoms. The molecule has 0 amide bonds. The second-order valence-electron chi connectivity index (χ2n) is 4.99. The van der Waals surface area contributed by atoms with Crippen LogP contribution in [0.25, 0.3) is 0 Å². The van der Waals surface area contributed by atoms with Crippen LogP contribution in [-0.4, -0.2) is 26.7 Å². The second kappa shape index (κ2) is 11.4. The minimum absolute atomic E-state index is 0. The van der Waals surface area contributed by atoms with Gasteiger partial charge in [0.15, 0.2) is 0 Å². The maximum absolute atomic E-state index is 11.3. The van der Waals surface area contributed by atoms with Crippen molar-refractivity contribution in [2.75, 3.05) is 26.7 Å². The van der Waals surface area contributed by atoms with Crippen LogP contribution in [0.3, 0.4) is 0 Å². The summed E-state index contributed by atoms with van der Waals surface area (Å²) in [5.74, 6) is 0. The molecule has 0 aromatic heterocycles. The van der Waals surface area contributed by atoms with E-state index >= 15 is 0 Å². The molecule has 2 nitrogen and oxygen atoms in total. The smallest absolute Gasteiger partial charge is 0.333 e. The van der Waals surface area contributed by atoms with Gasteiger partial charge in [0.05, 0.1) is 14.3 Å². The topological polar surface area (TPSA) is 34.1 Å². The summed E-state index contributed by atoms with van der Waals surface area (Å²) < 4.78 is 22.6. The Balaban J connectivity index is -0.000000270. The van der Waals surface area contributed by atoms with Crippen molar-refractivity contribution in [3.63, 3.8) is 0 Å². The van der Waals surface area contributed by atoms with E-state index in [1.807, 2.05) is 48.5 Å². The van der Waals surface area contributed by atoms with E-state index in [4.69, 9.17) is 0 Å². The third-order valence-electron chi connectivity index (χ3n) is 2.53. The van der Waals surface area contributed by atoms with Crippen LogP contribution in [0.2, 0.25) is 0 Å². The molecular formula is C14H22Br2O2P2Ti. The maximum atomic E-state index is 11.3. The molecule has 0 unspecified atom stereocenters. The summed E-state index contributed by atoms with van der Waals surface area (Å²) in [5, 5.41) is 1.95. The van der Waals surface area contributed by atoms with E-state index in [1.165, 1.54) is 0 Å². The zero-order valence-electron chi connectivity index (χ0n) is 12.6. The number of rotatable bonds is 2. The van der Waals surface area contributed by atoms with E-state index in [1.54, 1.807) is 26.7 Å². The molecule has 0 heterocycles. The number of hydrogen-bond acceptors (Lipinski definition) is 2. The molecule has 0 spiro atoms. The van der Waals surface area contributed by atoms with Crippen molar-refractivity contribution < 1.29 is 30.8 Å². The molecular weight excluding hydrogens is 470 g/mol. The minimum Gasteiger partial charge on any atom is -0.333 e. The van der Waals surface area contributed by atoms with Gasteiger partial charge in [0, 0.05) is 0 Å². The molecule has 21 heavy (non-hydrogen) atoms. The molecule has 0 fully saturated rings. The molecule has 2 rings (SSSR count). The molecule has 2 aromatic carbocycles. The minimum atomic E-state index is -1.97. The summed E-state index contributed by atoms with van der Waals surface area (Å²) in [4.78, 5) is 0. The molecule has 7 heteroatoms. The van der Waals surface area contributed by atoms with Gasteiger partial charge < -0.3 is 9.13 Å². The molecule has 0 saturated carbocycles. The fourth-order valence-electron chi connectivity index (χ4n) is 1.45. The fraction of sp³-hybridized carbons (Fsp3) is 0.286. The molecule has 0 radical (unpaired) electrons. The summed E-state index contributed by atoms with van der Waals surface area (Å²) in [7, 11) is -3.94. The van der Waals surface area contributed by atoms with E-state index in [-0.39, 0.29) is 55.7 Å². The third-order valence-corrected chi connectivity index (χ3v) is 5.62. The predicted molar refractivity (Wildman–Crippen MR) is 103 cm³/mol. The summed E-state index contributed by atoms with van der Waals surface area (Å²) in [6.45, 7) is 7.12. The van der Waals surface area contributed by atoms with Crippen LogP contribution in [0.5, 0.6) is 0 Å². The average molecular weight is 492 g/mol. The SMILES string of the molecule is Br.Br.CP(C)(=O)c1cc[cH-]c1.CP(C)(=O)c1cc[cH-]c1.[Ti+2]. The van der Waals surface area contributed by atoms with Crippen LogP contribution in [0.15, 0.2) is 48.5 Å². The summed E-state index contributed by atoms with van der Waals surface area (Å²) in [6.07, 6.45) is 0. The Bertz CT molecular complexity index is 502. The van der Waals surface area contributed by atoms with E-state index < -0.39 is 14.3 Å². The van der Waals surface area contributed by atoms with Gasteiger partial charge >= 0.3 is 21.7 Å². The Labute approximate surface area is 164 Å². The first-order valence-electron chi connectivity index (χ1n) is 5.76. The molecule has 0 aliphatic carbocycles. The monoisotopic (exact) mass is 490 g/mol. The van der Waals surface area contributed by atoms with Gasteiger partial charge in [-0.1, -0.05) is 0 Å². The van der Waals surface area contributed by atoms with Crippen molar-refractivity contribution in [1.82, 2.24) is 0 Å². The average Bonchev–Trinajstić information content (AvgIpc) is 2.91. The molecule has 0 aliphatic rings. The van der Waals surface area contributed by atoms with Gasteiger partial charge in [0.2, 0.25) is 0 Å². The van der Waals surface area contributed by atoms with Gasteiger partial charge in [0.25, 0.3) is 0 Å². The van der Waals surface area contributed by atoms with Crippen molar-refractivity contribution in [1.29, 1.82) is 0 Å². The molecule has 0 aliphatic heterocycles. The van der Waals surface area contributed by atoms with Gasteiger partial charge in [-0.3, -0.25) is 0 Å². The largest absolute Gasteiger partial charge is 2.00 e. The van der Waals surface area contributed by atoms with Gasteiger partial charge in [0.1, 0.15) is 0 Å². The quantitative estimate of drug-likeness (QED) is 0.353. The third kappa shape index (κ3) is 10.3. The standard InChI is InChI=1S/2C7H10OP.2BrH.Ti/c2*1-9(2,8)7-5-3-4-6-7;;;/h2*3-6H,1-2H3;2*1H;/q2*-1;;;+2. The Morgan fingerprint density at radius 2 is 1.05 bits per heavy atom. The van der Waals surface area contributed by atoms with Crippen LogP contribution in [0, 0.1) is 0 Å². The van der Waals surface area contributed by atoms with Crippen LogP contribution < -0.4 is 10.6 Å². The van der Waals surface area contributed by atoms with Crippen molar-refractivity contribution in [2.45, 2.75) is 0 Å². The fourth-order valence-corrected chi connectivity index (χ4v) is 3.23. The maximum Gasteiger partial charge on any atom is 2.00 e. The van der Waals surface area contributed by atoms with Crippen LogP contribution in [0.1, 0.15) is 0 Å². The van der Waals surface area contributed by atoms with Gasteiger partial charge in [-0.15, -0.1) is 44.6 Å². The molecule has 118 valence electrons. The zero-order valence-corrected chi connectivity index (χ0v) is 19.4. The van der Waals surface area contributed by atoms with Crippen molar-refractivity contribution in [2.24, 2.45) is 0 Å². The van der Waals surface area contributed by atoms with Crippen LogP contribution >= 0.6 is 48.2 Å². The van der Waals surface area contributed by atoms with Crippen molar-refractivity contribution in [3.05, 3.63) is 48.5 Å². The van der Waals surface area contributed by atoms with Gasteiger partial charge in [-0.25, -0.2) is 12.1 Å². The van der Waals surface area contributed by atoms with Gasteiger partial charge in [-0.05, 0) is 26.7 Å². The van der Waals surface area contributed by atoms with Crippen molar-refractivity contribution in [3.8, 4) is 0 Å². The number of halogens is 2. The first-order valence-corrected chi connectivity index (χ1v) is 11.0. The molecule has 0 atom stereocenters. The normalized spacial score (nSPS) is 10.1. The summed E-state index contributed by atoms with van der Waals surface area (Å²) in [6, 6.07) is 15.3. The molecule has 0 N–H and O–H groups in total. The van der Waals surface area contributed by atoms with Crippen LogP contribution in [0.4, 0.5) is 0 Å². The van der Waals surface area contributed by atoms with E-state index in [0.717, 1.165) is 10.6 Å². The number of hydrogen-bond donors (Lipinski definition) is 0. The predicted octanol–water partition coefficient (Wildman–Crippen LogP) is 4.46. The molecule has 0 saturated heterocycles. The van der Waals surface area contributed by atoms with Gasteiger partial charge in [-0.2, -0.15) is 36.4 Å². The van der Waals surface area contributed by atoms with E-state index in [2.05, 4.69) is 0 Å². The van der Waals surface area contributed by atoms with Crippen molar-refractivity contribution >= 4 is 58.9 Å². The first kappa shape index (κ1) is 26.7. The Hall–Kier alpha value is 0.834. The first-order chi connectivity index (χ1) is 8.21. The second-order valence-corrected chi connectivity index (χ2v) is 11.4. The van der Waals surface area contributed by atoms with E-state index in [9.17, 15) is 9.13 Å². The summed E-state index contributed by atoms with van der Waals surface area (Å²) in [5.41, 5.74) is 0. The molecule has 2 aromatic rings. The van der Waals surface area contributed by atoms with E-state index in [0.29, 0.717) is 0 Å². The Kier molecular flexibility index (Phi) is 14.5.